The van der Waals surface area contributed by atoms with Gasteiger partial charge < -0.3 is 15.9 Å². The molecule has 1 unspecified atom stereocenters. The minimum Gasteiger partial charge on any atom is -0.506 e. The molecule has 0 saturated carbocycles. The normalized spacial score (nSPS) is 12.9. The Balaban J connectivity index is 3.23. The monoisotopic (exact) mass is 237 g/mol. The van der Waals surface area contributed by atoms with E-state index in [-0.39, 0.29) is 13.0 Å². The van der Waals surface area contributed by atoms with Crippen molar-refractivity contribution in [2.45, 2.75) is 12.5 Å². The highest BCUT2D eigenvalue weighted by molar-refractivity contribution is 6.32. The Bertz CT molecular complexity index is 374. The highest BCUT2D eigenvalue weighted by Crippen LogP contribution is 2.34. The SMILES string of the molecule is NCCC(O)c1c(F)cc(O)c(Cl)c1F. The van der Waals surface area contributed by atoms with Gasteiger partial charge in [-0.15, -0.1) is 0 Å². The number of halogens is 3. The average Bonchev–Trinajstić information content (AvgIpc) is 2.15. The standard InChI is InChI=1S/C9H10ClF2NO2/c10-8-6(15)3-4(11)7(9(8)12)5(14)1-2-13/h3,5,14-15H,1-2,13H2. The van der Waals surface area contributed by atoms with Gasteiger partial charge in [0.1, 0.15) is 16.6 Å². The van der Waals surface area contributed by atoms with Crippen LogP contribution in [0.4, 0.5) is 8.78 Å². The number of phenolic OH excluding ortho intramolecular Hbond substituents is 1. The number of benzene rings is 1. The van der Waals surface area contributed by atoms with E-state index in [0.29, 0.717) is 6.07 Å². The number of rotatable bonds is 3. The van der Waals surface area contributed by atoms with Crippen LogP contribution in [0, 0.1) is 11.6 Å². The van der Waals surface area contributed by atoms with Crippen LogP contribution in [0.25, 0.3) is 0 Å². The van der Waals surface area contributed by atoms with Gasteiger partial charge in [-0.25, -0.2) is 8.78 Å². The van der Waals surface area contributed by atoms with Crippen LogP contribution in [0.1, 0.15) is 18.1 Å². The topological polar surface area (TPSA) is 66.5 Å². The number of aliphatic hydroxyl groups is 1. The third-order valence-corrected chi connectivity index (χ3v) is 2.31. The van der Waals surface area contributed by atoms with Crippen LogP contribution in [0.3, 0.4) is 0 Å². The maximum absolute atomic E-state index is 13.4. The van der Waals surface area contributed by atoms with Gasteiger partial charge in [0.25, 0.3) is 0 Å². The zero-order chi connectivity index (χ0) is 11.6. The molecule has 0 saturated heterocycles. The molecule has 0 spiro atoms. The van der Waals surface area contributed by atoms with Gasteiger partial charge in [-0.05, 0) is 13.0 Å². The molecule has 0 aromatic heterocycles. The van der Waals surface area contributed by atoms with E-state index in [1.54, 1.807) is 0 Å². The van der Waals surface area contributed by atoms with Gasteiger partial charge in [0.05, 0.1) is 11.7 Å². The number of hydrogen-bond acceptors (Lipinski definition) is 3. The Labute approximate surface area is 90.1 Å². The molecule has 0 aliphatic rings. The Morgan fingerprint density at radius 3 is 2.60 bits per heavy atom. The zero-order valence-corrected chi connectivity index (χ0v) is 8.43. The van der Waals surface area contributed by atoms with Crippen LogP contribution in [-0.4, -0.2) is 16.8 Å². The second kappa shape index (κ2) is 4.74. The quantitative estimate of drug-likeness (QED) is 0.701. The molecule has 1 aromatic rings. The fourth-order valence-corrected chi connectivity index (χ4v) is 1.36. The molecule has 6 heteroatoms. The van der Waals surface area contributed by atoms with Crippen molar-refractivity contribution in [1.82, 2.24) is 0 Å². The van der Waals surface area contributed by atoms with Crippen LogP contribution in [0.2, 0.25) is 5.02 Å². The second-order valence-electron chi connectivity index (χ2n) is 3.01. The molecule has 0 fully saturated rings. The summed E-state index contributed by atoms with van der Waals surface area (Å²) in [6, 6.07) is 0.653. The number of aromatic hydroxyl groups is 1. The van der Waals surface area contributed by atoms with Gasteiger partial charge in [-0.1, -0.05) is 11.6 Å². The highest BCUT2D eigenvalue weighted by atomic mass is 35.5. The molecule has 1 rings (SSSR count). The molecule has 1 aromatic carbocycles. The van der Waals surface area contributed by atoms with Crippen molar-refractivity contribution in [3.8, 4) is 5.75 Å². The smallest absolute Gasteiger partial charge is 0.154 e. The van der Waals surface area contributed by atoms with Gasteiger partial charge in [-0.3, -0.25) is 0 Å². The van der Waals surface area contributed by atoms with Crippen molar-refractivity contribution < 1.29 is 19.0 Å². The summed E-state index contributed by atoms with van der Waals surface area (Å²) in [5.41, 5.74) is 4.58. The van der Waals surface area contributed by atoms with E-state index in [0.717, 1.165) is 0 Å². The average molecular weight is 238 g/mol. The summed E-state index contributed by atoms with van der Waals surface area (Å²) in [6.07, 6.45) is -1.36. The number of nitrogens with two attached hydrogens (primary N) is 1. The lowest BCUT2D eigenvalue weighted by Crippen LogP contribution is -2.10. The van der Waals surface area contributed by atoms with E-state index in [1.807, 2.05) is 0 Å². The predicted molar refractivity (Wildman–Crippen MR) is 51.7 cm³/mol. The minimum atomic E-state index is -1.37. The summed E-state index contributed by atoms with van der Waals surface area (Å²) in [5.74, 6) is -2.90. The lowest BCUT2D eigenvalue weighted by molar-refractivity contribution is 0.160. The number of phenols is 1. The summed E-state index contributed by atoms with van der Waals surface area (Å²) in [5, 5.41) is 17.8. The van der Waals surface area contributed by atoms with Gasteiger partial charge in [0.2, 0.25) is 0 Å². The van der Waals surface area contributed by atoms with Crippen molar-refractivity contribution >= 4 is 11.6 Å². The first-order valence-electron chi connectivity index (χ1n) is 4.23. The lowest BCUT2D eigenvalue weighted by atomic mass is 10.0. The molecule has 0 radical (unpaired) electrons. The predicted octanol–water partition coefficient (Wildman–Crippen LogP) is 1.71. The number of aliphatic hydroxyl groups excluding tert-OH is 1. The lowest BCUT2D eigenvalue weighted by Gasteiger charge is -2.13. The molecular formula is C9H10ClF2NO2. The highest BCUT2D eigenvalue weighted by Gasteiger charge is 2.22. The molecule has 0 aliphatic heterocycles. The van der Waals surface area contributed by atoms with Crippen LogP contribution in [0.5, 0.6) is 5.75 Å². The molecule has 0 amide bonds. The summed E-state index contributed by atoms with van der Waals surface area (Å²) in [7, 11) is 0. The first-order chi connectivity index (χ1) is 6.99. The molecule has 0 bridgehead atoms. The molecule has 4 N–H and O–H groups in total. The van der Waals surface area contributed by atoms with Crippen molar-refractivity contribution in [2.24, 2.45) is 5.73 Å². The molecule has 0 aliphatic carbocycles. The summed E-state index contributed by atoms with van der Waals surface area (Å²) < 4.78 is 26.6. The Hall–Kier alpha value is -0.910. The van der Waals surface area contributed by atoms with Crippen molar-refractivity contribution in [2.75, 3.05) is 6.54 Å². The Kier molecular flexibility index (Phi) is 3.84. The van der Waals surface area contributed by atoms with E-state index in [9.17, 15) is 13.9 Å². The molecule has 1 atom stereocenters. The van der Waals surface area contributed by atoms with Crippen LogP contribution in [-0.2, 0) is 0 Å². The summed E-state index contributed by atoms with van der Waals surface area (Å²) in [6.45, 7) is 0.0819. The third kappa shape index (κ3) is 2.37. The van der Waals surface area contributed by atoms with Crippen molar-refractivity contribution in [3.63, 3.8) is 0 Å². The molecule has 0 heterocycles. The van der Waals surface area contributed by atoms with E-state index in [2.05, 4.69) is 0 Å². The fourth-order valence-electron chi connectivity index (χ4n) is 1.20. The summed E-state index contributed by atoms with van der Waals surface area (Å²) in [4.78, 5) is 0. The van der Waals surface area contributed by atoms with Crippen LogP contribution >= 0.6 is 11.6 Å². The third-order valence-electron chi connectivity index (χ3n) is 1.95. The Morgan fingerprint density at radius 2 is 2.07 bits per heavy atom. The molecule has 3 nitrogen and oxygen atoms in total. The molecule has 84 valence electrons. The summed E-state index contributed by atoms with van der Waals surface area (Å²) >= 11 is 5.36. The first kappa shape index (κ1) is 12.2. The van der Waals surface area contributed by atoms with Gasteiger partial charge in [0, 0.05) is 6.07 Å². The van der Waals surface area contributed by atoms with Crippen LogP contribution < -0.4 is 5.73 Å². The first-order valence-corrected chi connectivity index (χ1v) is 4.61. The zero-order valence-electron chi connectivity index (χ0n) is 7.67. The molecule has 15 heavy (non-hydrogen) atoms. The maximum atomic E-state index is 13.4. The van der Waals surface area contributed by atoms with Gasteiger partial charge in [-0.2, -0.15) is 0 Å². The minimum absolute atomic E-state index is 0.00887. The largest absolute Gasteiger partial charge is 0.506 e. The fraction of sp³-hybridized carbons (Fsp3) is 0.333. The van der Waals surface area contributed by atoms with Crippen LogP contribution in [0.15, 0.2) is 6.07 Å². The van der Waals surface area contributed by atoms with Crippen molar-refractivity contribution in [1.29, 1.82) is 0 Å². The van der Waals surface area contributed by atoms with Gasteiger partial charge >= 0.3 is 0 Å². The maximum Gasteiger partial charge on any atom is 0.154 e. The number of hydrogen-bond donors (Lipinski definition) is 3. The molecular weight excluding hydrogens is 228 g/mol. The van der Waals surface area contributed by atoms with E-state index >= 15 is 0 Å². The second-order valence-corrected chi connectivity index (χ2v) is 3.39. The van der Waals surface area contributed by atoms with E-state index in [1.165, 1.54) is 0 Å². The van der Waals surface area contributed by atoms with E-state index < -0.39 is 34.1 Å². The van der Waals surface area contributed by atoms with E-state index in [4.69, 9.17) is 22.4 Å². The Morgan fingerprint density at radius 1 is 1.47 bits per heavy atom. The van der Waals surface area contributed by atoms with Crippen molar-refractivity contribution in [3.05, 3.63) is 28.3 Å². The van der Waals surface area contributed by atoms with Gasteiger partial charge in [0.15, 0.2) is 5.82 Å².